The molecular formula is C23H24N8O2. The van der Waals surface area contributed by atoms with Crippen molar-refractivity contribution in [3.63, 3.8) is 0 Å². The van der Waals surface area contributed by atoms with E-state index in [1.54, 1.807) is 12.4 Å². The van der Waals surface area contributed by atoms with E-state index < -0.39 is 0 Å². The Morgan fingerprint density at radius 3 is 2.85 bits per heavy atom. The molecule has 0 saturated carbocycles. The van der Waals surface area contributed by atoms with Crippen molar-refractivity contribution >= 4 is 29.0 Å². The maximum atomic E-state index is 5.83. The van der Waals surface area contributed by atoms with Gasteiger partial charge in [0.1, 0.15) is 0 Å². The van der Waals surface area contributed by atoms with E-state index in [0.717, 1.165) is 22.2 Å². The second-order valence-corrected chi connectivity index (χ2v) is 7.42. The molecule has 1 aliphatic rings. The number of H-pyrrole nitrogens is 1. The third-order valence-electron chi connectivity index (χ3n) is 5.20. The number of anilines is 2. The van der Waals surface area contributed by atoms with E-state index in [4.69, 9.17) is 9.47 Å². The van der Waals surface area contributed by atoms with E-state index >= 15 is 0 Å². The van der Waals surface area contributed by atoms with Crippen molar-refractivity contribution in [2.45, 2.75) is 6.42 Å². The second kappa shape index (κ2) is 10.0. The largest absolute Gasteiger partial charge is 0.463 e. The van der Waals surface area contributed by atoms with Crippen LogP contribution in [0.25, 0.3) is 10.9 Å². The zero-order valence-electron chi connectivity index (χ0n) is 18.0. The predicted molar refractivity (Wildman–Crippen MR) is 126 cm³/mol. The molecule has 4 aromatic rings. The van der Waals surface area contributed by atoms with Crippen molar-refractivity contribution in [2.75, 3.05) is 43.2 Å². The van der Waals surface area contributed by atoms with E-state index in [9.17, 15) is 0 Å². The summed E-state index contributed by atoms with van der Waals surface area (Å²) in [5.41, 5.74) is 5.88. The van der Waals surface area contributed by atoms with Crippen molar-refractivity contribution < 1.29 is 9.47 Å². The number of morpholine rings is 1. The van der Waals surface area contributed by atoms with Crippen LogP contribution in [0.2, 0.25) is 0 Å². The number of pyridine rings is 1. The summed E-state index contributed by atoms with van der Waals surface area (Å²) in [7, 11) is 0. The lowest BCUT2D eigenvalue weighted by molar-refractivity contribution is 0.122. The topological polar surface area (TPSA) is 113 Å². The van der Waals surface area contributed by atoms with E-state index in [1.165, 1.54) is 0 Å². The van der Waals surface area contributed by atoms with Gasteiger partial charge in [0.2, 0.25) is 5.95 Å². The highest BCUT2D eigenvalue weighted by molar-refractivity contribution is 5.99. The lowest BCUT2D eigenvalue weighted by atomic mass is 10.2. The molecule has 10 nitrogen and oxygen atoms in total. The fourth-order valence-corrected chi connectivity index (χ4v) is 3.52. The minimum atomic E-state index is 0.243. The number of hydrazone groups is 1. The number of nitrogens with one attached hydrogen (secondary N) is 2. The van der Waals surface area contributed by atoms with E-state index in [1.807, 2.05) is 53.6 Å². The van der Waals surface area contributed by atoms with Gasteiger partial charge in [-0.25, -0.2) is 5.43 Å². The van der Waals surface area contributed by atoms with Gasteiger partial charge >= 0.3 is 6.01 Å². The van der Waals surface area contributed by atoms with Gasteiger partial charge in [-0.2, -0.15) is 20.1 Å². The molecule has 0 atom stereocenters. The summed E-state index contributed by atoms with van der Waals surface area (Å²) in [5.74, 6) is 0.848. The third kappa shape index (κ3) is 5.24. The number of aromatic nitrogens is 5. The zero-order chi connectivity index (χ0) is 22.3. The van der Waals surface area contributed by atoms with Gasteiger partial charge in [0, 0.05) is 54.1 Å². The molecule has 2 N–H and O–H groups in total. The minimum Gasteiger partial charge on any atom is -0.463 e. The van der Waals surface area contributed by atoms with Gasteiger partial charge in [0.15, 0.2) is 0 Å². The van der Waals surface area contributed by atoms with Crippen LogP contribution in [0.1, 0.15) is 11.3 Å². The Hall–Kier alpha value is -4.05. The first-order valence-corrected chi connectivity index (χ1v) is 10.8. The average molecular weight is 444 g/mol. The molecule has 1 aliphatic heterocycles. The SMILES string of the molecule is C(=N\Nc1nc(OCCc2ccccn2)nc(N2CCOCC2)n1)/c1c[nH]c2ccccc12. The molecule has 0 unspecified atom stereocenters. The summed E-state index contributed by atoms with van der Waals surface area (Å²) >= 11 is 0. The quantitative estimate of drug-likeness (QED) is 0.315. The van der Waals surface area contributed by atoms with Gasteiger partial charge < -0.3 is 19.4 Å². The molecule has 3 aromatic heterocycles. The highest BCUT2D eigenvalue weighted by Crippen LogP contribution is 2.18. The number of aromatic amines is 1. The zero-order valence-corrected chi connectivity index (χ0v) is 18.0. The predicted octanol–water partition coefficient (Wildman–Crippen LogP) is 2.65. The fourth-order valence-electron chi connectivity index (χ4n) is 3.52. The van der Waals surface area contributed by atoms with Gasteiger partial charge in [0.25, 0.3) is 5.95 Å². The molecule has 0 aliphatic carbocycles. The Morgan fingerprint density at radius 2 is 1.97 bits per heavy atom. The average Bonchev–Trinajstić information content (AvgIpc) is 3.28. The number of nitrogens with zero attached hydrogens (tertiary/aromatic N) is 6. The molecule has 1 aromatic carbocycles. The summed E-state index contributed by atoms with van der Waals surface area (Å²) in [6.07, 6.45) is 6.07. The van der Waals surface area contributed by atoms with Crippen molar-refractivity contribution in [3.8, 4) is 6.01 Å². The lowest BCUT2D eigenvalue weighted by Gasteiger charge is -2.26. The monoisotopic (exact) mass is 444 g/mol. The van der Waals surface area contributed by atoms with Crippen LogP contribution >= 0.6 is 0 Å². The number of fused-ring (bicyclic) bond motifs is 1. The fraction of sp³-hybridized carbons (Fsp3) is 0.261. The van der Waals surface area contributed by atoms with Crippen LogP contribution in [0.15, 0.2) is 60.0 Å². The van der Waals surface area contributed by atoms with Crippen molar-refractivity contribution in [2.24, 2.45) is 5.10 Å². The summed E-state index contributed by atoms with van der Waals surface area (Å²) in [5, 5.41) is 5.42. The molecule has 0 radical (unpaired) electrons. The van der Waals surface area contributed by atoms with Crippen LogP contribution in [0.5, 0.6) is 6.01 Å². The smallest absolute Gasteiger partial charge is 0.323 e. The third-order valence-corrected chi connectivity index (χ3v) is 5.20. The maximum Gasteiger partial charge on any atom is 0.323 e. The molecule has 1 saturated heterocycles. The maximum absolute atomic E-state index is 5.83. The van der Waals surface area contributed by atoms with Crippen LogP contribution in [0, 0.1) is 0 Å². The van der Waals surface area contributed by atoms with Crippen LogP contribution in [0.4, 0.5) is 11.9 Å². The summed E-state index contributed by atoms with van der Waals surface area (Å²) in [6, 6.07) is 14.1. The van der Waals surface area contributed by atoms with Crippen molar-refractivity contribution in [1.29, 1.82) is 0 Å². The normalized spacial score (nSPS) is 14.1. The Labute approximate surface area is 190 Å². The number of hydrogen-bond donors (Lipinski definition) is 2. The highest BCUT2D eigenvalue weighted by Gasteiger charge is 2.17. The lowest BCUT2D eigenvalue weighted by Crippen LogP contribution is -2.37. The van der Waals surface area contributed by atoms with Gasteiger partial charge in [-0.1, -0.05) is 24.3 Å². The van der Waals surface area contributed by atoms with Crippen LogP contribution in [0.3, 0.4) is 0 Å². The summed E-state index contributed by atoms with van der Waals surface area (Å²) in [6.45, 7) is 3.07. The molecule has 4 heterocycles. The molecular weight excluding hydrogens is 420 g/mol. The van der Waals surface area contributed by atoms with Gasteiger partial charge in [0.05, 0.1) is 26.0 Å². The van der Waals surface area contributed by atoms with Crippen molar-refractivity contribution in [3.05, 3.63) is 66.1 Å². The van der Waals surface area contributed by atoms with Crippen LogP contribution < -0.4 is 15.1 Å². The number of hydrogen-bond acceptors (Lipinski definition) is 9. The standard InChI is InChI=1S/C23H24N8O2/c1-2-7-20-19(6-1)17(15-25-20)16-26-30-21-27-22(31-10-13-32-14-11-31)29-23(28-21)33-12-8-18-5-3-4-9-24-18/h1-7,9,15-16,25H,8,10-14H2,(H,27,28,29,30)/b26-16+. The van der Waals surface area contributed by atoms with Gasteiger partial charge in [-0.15, -0.1) is 0 Å². The molecule has 10 heteroatoms. The van der Waals surface area contributed by atoms with E-state index in [2.05, 4.69) is 35.4 Å². The number of para-hydroxylation sites is 1. The number of rotatable bonds is 8. The first kappa shape index (κ1) is 20.8. The molecule has 5 rings (SSSR count). The van der Waals surface area contributed by atoms with E-state index in [0.29, 0.717) is 51.2 Å². The molecule has 0 amide bonds. The summed E-state index contributed by atoms with van der Waals surface area (Å²) < 4.78 is 11.3. The molecule has 168 valence electrons. The highest BCUT2D eigenvalue weighted by atomic mass is 16.5. The van der Waals surface area contributed by atoms with Crippen LogP contribution in [-0.2, 0) is 11.2 Å². The summed E-state index contributed by atoms with van der Waals surface area (Å²) in [4.78, 5) is 23.0. The Kier molecular flexibility index (Phi) is 6.34. The molecule has 33 heavy (non-hydrogen) atoms. The van der Waals surface area contributed by atoms with Crippen molar-refractivity contribution in [1.82, 2.24) is 24.9 Å². The Bertz CT molecular complexity index is 1220. The first-order chi connectivity index (χ1) is 16.3. The minimum absolute atomic E-state index is 0.243. The molecule has 0 bridgehead atoms. The first-order valence-electron chi connectivity index (χ1n) is 10.8. The van der Waals surface area contributed by atoms with Gasteiger partial charge in [-0.3, -0.25) is 4.98 Å². The molecule has 1 fully saturated rings. The Balaban J connectivity index is 1.31. The number of ether oxygens (including phenoxy) is 2. The second-order valence-electron chi connectivity index (χ2n) is 7.42. The van der Waals surface area contributed by atoms with Crippen LogP contribution in [-0.4, -0.2) is 64.0 Å². The Morgan fingerprint density at radius 1 is 1.09 bits per heavy atom. The number of benzene rings is 1. The van der Waals surface area contributed by atoms with E-state index in [-0.39, 0.29) is 6.01 Å². The molecule has 0 spiro atoms. The van der Waals surface area contributed by atoms with Gasteiger partial charge in [-0.05, 0) is 18.2 Å².